The zero-order valence-corrected chi connectivity index (χ0v) is 29.4. The Labute approximate surface area is 313 Å². The van der Waals surface area contributed by atoms with Crippen molar-refractivity contribution in [1.82, 2.24) is 15.0 Å². The predicted octanol–water partition coefficient (Wildman–Crippen LogP) is 13.3. The minimum atomic E-state index is 0.632. The lowest BCUT2D eigenvalue weighted by atomic mass is 9.92. The van der Waals surface area contributed by atoms with Crippen LogP contribution in [0.3, 0.4) is 0 Å². The maximum absolute atomic E-state index is 5.26. The summed E-state index contributed by atoms with van der Waals surface area (Å²) in [5.74, 6) is 1.92. The summed E-state index contributed by atoms with van der Waals surface area (Å²) in [7, 11) is 0. The van der Waals surface area contributed by atoms with E-state index in [1.165, 1.54) is 44.0 Å². The van der Waals surface area contributed by atoms with E-state index in [2.05, 4.69) is 182 Å². The van der Waals surface area contributed by atoms with Crippen molar-refractivity contribution >= 4 is 32.3 Å². The van der Waals surface area contributed by atoms with E-state index < -0.39 is 0 Å². The van der Waals surface area contributed by atoms with Crippen LogP contribution in [0.5, 0.6) is 0 Å². The molecule has 0 N–H and O–H groups in total. The summed E-state index contributed by atoms with van der Waals surface area (Å²) >= 11 is 0. The number of fused-ring (bicyclic) bond motifs is 4. The first-order valence-electron chi connectivity index (χ1n) is 18.3. The highest BCUT2D eigenvalue weighted by Crippen LogP contribution is 2.39. The number of benzene rings is 9. The summed E-state index contributed by atoms with van der Waals surface area (Å²) in [6, 6.07) is 70.6. The van der Waals surface area contributed by atoms with Gasteiger partial charge in [0.2, 0.25) is 0 Å². The van der Waals surface area contributed by atoms with Crippen LogP contribution in [0.25, 0.3) is 99.9 Å². The molecule has 9 aromatic carbocycles. The SMILES string of the molecule is c1ccc(-c2cc(-c3cccc(-c4nc(-c5ccccc5)nc(-c5cc6ccc(-c7ccccc7)cc6c6ccccc56)n4)c3)c3ccccc3c2)cc1. The molecule has 0 unspecified atom stereocenters. The van der Waals surface area contributed by atoms with Gasteiger partial charge in [0.15, 0.2) is 17.5 Å². The molecule has 3 nitrogen and oxygen atoms in total. The van der Waals surface area contributed by atoms with Gasteiger partial charge in [-0.3, -0.25) is 0 Å². The molecule has 1 heterocycles. The van der Waals surface area contributed by atoms with Gasteiger partial charge in [-0.2, -0.15) is 0 Å². The summed E-state index contributed by atoms with van der Waals surface area (Å²) in [5.41, 5.74) is 9.89. The predicted molar refractivity (Wildman–Crippen MR) is 225 cm³/mol. The Kier molecular flexibility index (Phi) is 7.81. The monoisotopic (exact) mass is 687 g/mol. The first kappa shape index (κ1) is 31.5. The molecule has 10 aromatic rings. The lowest BCUT2D eigenvalue weighted by Crippen LogP contribution is -2.01. The molecule has 252 valence electrons. The van der Waals surface area contributed by atoms with Crippen LogP contribution in [-0.2, 0) is 0 Å². The standard InChI is InChI=1S/C51H33N3/c1-4-15-34(16-5-1)37-27-28-40-32-48(45-26-13-12-25-44(45)47(40)31-37)51-53-49(36-19-8-3-9-20-36)52-50(54-51)41-23-14-22-39(29-41)46-33-42(35-17-6-2-7-18-35)30-38-21-10-11-24-43(38)46/h1-33H. The van der Waals surface area contributed by atoms with E-state index in [4.69, 9.17) is 15.0 Å². The van der Waals surface area contributed by atoms with E-state index in [1.807, 2.05) is 18.2 Å². The van der Waals surface area contributed by atoms with E-state index in [0.29, 0.717) is 17.5 Å². The molecule has 10 rings (SSSR count). The van der Waals surface area contributed by atoms with Crippen LogP contribution in [-0.4, -0.2) is 15.0 Å². The second-order valence-electron chi connectivity index (χ2n) is 13.6. The number of rotatable bonds is 6. The van der Waals surface area contributed by atoms with E-state index in [0.717, 1.165) is 38.4 Å². The number of hydrogen-bond donors (Lipinski definition) is 0. The second-order valence-corrected chi connectivity index (χ2v) is 13.6. The molecule has 3 heteroatoms. The van der Waals surface area contributed by atoms with Crippen molar-refractivity contribution in [2.24, 2.45) is 0 Å². The highest BCUT2D eigenvalue weighted by molar-refractivity contribution is 6.14. The molecule has 0 aliphatic heterocycles. The largest absolute Gasteiger partial charge is 0.208 e. The fraction of sp³-hybridized carbons (Fsp3) is 0. The van der Waals surface area contributed by atoms with E-state index >= 15 is 0 Å². The molecule has 0 fully saturated rings. The average Bonchev–Trinajstić information content (AvgIpc) is 3.26. The van der Waals surface area contributed by atoms with E-state index in [1.54, 1.807) is 0 Å². The average molecular weight is 688 g/mol. The molecule has 0 saturated heterocycles. The number of nitrogens with zero attached hydrogens (tertiary/aromatic N) is 3. The molecule has 0 saturated carbocycles. The zero-order valence-electron chi connectivity index (χ0n) is 29.4. The van der Waals surface area contributed by atoms with Gasteiger partial charge in [0.1, 0.15) is 0 Å². The molecule has 0 radical (unpaired) electrons. The fourth-order valence-corrected chi connectivity index (χ4v) is 7.61. The molecule has 1 aromatic heterocycles. The maximum Gasteiger partial charge on any atom is 0.164 e. The summed E-state index contributed by atoms with van der Waals surface area (Å²) in [5, 5.41) is 7.01. The molecule has 0 spiro atoms. The van der Waals surface area contributed by atoms with Crippen molar-refractivity contribution in [2.45, 2.75) is 0 Å². The van der Waals surface area contributed by atoms with Crippen molar-refractivity contribution in [1.29, 1.82) is 0 Å². The van der Waals surface area contributed by atoms with Crippen LogP contribution in [0.15, 0.2) is 200 Å². The highest BCUT2D eigenvalue weighted by Gasteiger charge is 2.17. The van der Waals surface area contributed by atoms with Crippen molar-refractivity contribution in [3.8, 4) is 67.5 Å². The fourth-order valence-electron chi connectivity index (χ4n) is 7.61. The lowest BCUT2D eigenvalue weighted by Gasteiger charge is -2.14. The van der Waals surface area contributed by atoms with Gasteiger partial charge in [-0.15, -0.1) is 0 Å². The molecule has 0 aliphatic rings. The Balaban J connectivity index is 1.16. The van der Waals surface area contributed by atoms with Gasteiger partial charge in [0, 0.05) is 16.7 Å². The minimum Gasteiger partial charge on any atom is -0.208 e. The zero-order chi connectivity index (χ0) is 35.8. The topological polar surface area (TPSA) is 38.7 Å². The third-order valence-electron chi connectivity index (χ3n) is 10.3. The third-order valence-corrected chi connectivity index (χ3v) is 10.3. The summed E-state index contributed by atoms with van der Waals surface area (Å²) < 4.78 is 0. The van der Waals surface area contributed by atoms with E-state index in [-0.39, 0.29) is 0 Å². The van der Waals surface area contributed by atoms with Crippen LogP contribution in [0.2, 0.25) is 0 Å². The highest BCUT2D eigenvalue weighted by atomic mass is 15.0. The second kappa shape index (κ2) is 13.4. The molecular formula is C51H33N3. The van der Waals surface area contributed by atoms with Crippen molar-refractivity contribution < 1.29 is 0 Å². The van der Waals surface area contributed by atoms with Crippen molar-refractivity contribution in [3.63, 3.8) is 0 Å². The first-order valence-corrected chi connectivity index (χ1v) is 18.3. The Morgan fingerprint density at radius 1 is 0.222 bits per heavy atom. The molecule has 0 aliphatic carbocycles. The van der Waals surface area contributed by atoms with E-state index in [9.17, 15) is 0 Å². The van der Waals surface area contributed by atoms with Crippen LogP contribution in [0.1, 0.15) is 0 Å². The Morgan fingerprint density at radius 3 is 1.50 bits per heavy atom. The number of aromatic nitrogens is 3. The lowest BCUT2D eigenvalue weighted by molar-refractivity contribution is 1.08. The van der Waals surface area contributed by atoms with Crippen LogP contribution in [0, 0.1) is 0 Å². The quantitative estimate of drug-likeness (QED) is 0.163. The van der Waals surface area contributed by atoms with Crippen LogP contribution in [0.4, 0.5) is 0 Å². The van der Waals surface area contributed by atoms with Crippen molar-refractivity contribution in [2.75, 3.05) is 0 Å². The van der Waals surface area contributed by atoms with Gasteiger partial charge in [-0.1, -0.05) is 170 Å². The first-order chi connectivity index (χ1) is 26.7. The molecule has 0 atom stereocenters. The van der Waals surface area contributed by atoms with Gasteiger partial charge >= 0.3 is 0 Å². The summed E-state index contributed by atoms with van der Waals surface area (Å²) in [6.07, 6.45) is 0. The Hall–Kier alpha value is -7.23. The molecular weight excluding hydrogens is 655 g/mol. The molecule has 0 bridgehead atoms. The molecule has 0 amide bonds. The van der Waals surface area contributed by atoms with Gasteiger partial charge < -0.3 is 0 Å². The summed E-state index contributed by atoms with van der Waals surface area (Å²) in [4.78, 5) is 15.6. The van der Waals surface area contributed by atoms with Crippen LogP contribution < -0.4 is 0 Å². The number of hydrogen-bond acceptors (Lipinski definition) is 3. The minimum absolute atomic E-state index is 0.632. The van der Waals surface area contributed by atoms with Gasteiger partial charge in [-0.05, 0) is 96.0 Å². The van der Waals surface area contributed by atoms with Crippen molar-refractivity contribution in [3.05, 3.63) is 200 Å². The van der Waals surface area contributed by atoms with Crippen LogP contribution >= 0.6 is 0 Å². The van der Waals surface area contributed by atoms with Gasteiger partial charge in [-0.25, -0.2) is 15.0 Å². The Morgan fingerprint density at radius 2 is 0.759 bits per heavy atom. The summed E-state index contributed by atoms with van der Waals surface area (Å²) in [6.45, 7) is 0. The smallest absolute Gasteiger partial charge is 0.164 e. The normalized spacial score (nSPS) is 11.3. The molecule has 54 heavy (non-hydrogen) atoms. The maximum atomic E-state index is 5.26. The van der Waals surface area contributed by atoms with Gasteiger partial charge in [0.25, 0.3) is 0 Å². The third kappa shape index (κ3) is 5.78. The Bertz CT molecular complexity index is 2970. The van der Waals surface area contributed by atoms with Gasteiger partial charge in [0.05, 0.1) is 0 Å².